The lowest BCUT2D eigenvalue weighted by Crippen LogP contribution is -2.41. The van der Waals surface area contributed by atoms with Gasteiger partial charge in [0.1, 0.15) is 5.75 Å². The van der Waals surface area contributed by atoms with Crippen LogP contribution in [0.5, 0.6) is 5.75 Å². The molecule has 1 aromatic heterocycles. The number of benzene rings is 1. The molecule has 1 aliphatic carbocycles. The highest BCUT2D eigenvalue weighted by Gasteiger charge is 2.28. The Hall–Kier alpha value is -2.43. The van der Waals surface area contributed by atoms with Crippen molar-refractivity contribution in [2.45, 2.75) is 32.1 Å². The number of anilines is 1. The van der Waals surface area contributed by atoms with Crippen LogP contribution in [-0.4, -0.2) is 29.0 Å². The second-order valence-corrected chi connectivity index (χ2v) is 6.54. The van der Waals surface area contributed by atoms with Gasteiger partial charge in [0, 0.05) is 25.5 Å². The average Bonchev–Trinajstić information content (AvgIpc) is 3.10. The lowest BCUT2D eigenvalue weighted by Gasteiger charge is -2.31. The Morgan fingerprint density at radius 2 is 1.96 bits per heavy atom. The number of aryl methyl sites for hydroxylation is 2. The summed E-state index contributed by atoms with van der Waals surface area (Å²) in [5, 5.41) is 0. The van der Waals surface area contributed by atoms with E-state index in [-0.39, 0.29) is 11.9 Å². The number of carbonyl (C=O) groups excluding carboxylic acids is 1. The molecule has 1 fully saturated rings. The standard InChI is InChI=1S/C19H21N3O2/c23-18(24-17-8-7-14-4-1-5-15(14)12-17)16-6-2-11-22(13-16)19-20-9-3-10-21-19/h3,7-10,12,16H,1-2,4-6,11,13H2/t16-/m1/s1. The quantitative estimate of drug-likeness (QED) is 0.642. The molecule has 0 radical (unpaired) electrons. The number of nitrogens with zero attached hydrogens (tertiary/aromatic N) is 3. The van der Waals surface area contributed by atoms with Gasteiger partial charge in [0.05, 0.1) is 5.92 Å². The molecule has 124 valence electrons. The van der Waals surface area contributed by atoms with Gasteiger partial charge in [0.25, 0.3) is 0 Å². The zero-order valence-corrected chi connectivity index (χ0v) is 13.6. The first-order valence-corrected chi connectivity index (χ1v) is 8.65. The second kappa shape index (κ2) is 6.59. The van der Waals surface area contributed by atoms with Gasteiger partial charge in [-0.1, -0.05) is 6.07 Å². The van der Waals surface area contributed by atoms with Crippen molar-refractivity contribution in [1.29, 1.82) is 0 Å². The van der Waals surface area contributed by atoms with Crippen molar-refractivity contribution in [3.8, 4) is 5.75 Å². The summed E-state index contributed by atoms with van der Waals surface area (Å²) in [6.07, 6.45) is 8.68. The summed E-state index contributed by atoms with van der Waals surface area (Å²) >= 11 is 0. The Morgan fingerprint density at radius 1 is 1.12 bits per heavy atom. The molecule has 0 unspecified atom stereocenters. The molecule has 5 nitrogen and oxygen atoms in total. The van der Waals surface area contributed by atoms with Crippen molar-refractivity contribution in [2.24, 2.45) is 5.92 Å². The Bertz CT molecular complexity index is 733. The molecular weight excluding hydrogens is 302 g/mol. The molecule has 0 saturated carbocycles. The van der Waals surface area contributed by atoms with Crippen LogP contribution in [-0.2, 0) is 17.6 Å². The maximum absolute atomic E-state index is 12.6. The molecule has 1 aliphatic heterocycles. The van der Waals surface area contributed by atoms with E-state index in [0.717, 1.165) is 32.2 Å². The van der Waals surface area contributed by atoms with Crippen LogP contribution in [0.4, 0.5) is 5.95 Å². The van der Waals surface area contributed by atoms with Crippen LogP contribution in [0.2, 0.25) is 0 Å². The number of hydrogen-bond donors (Lipinski definition) is 0. The van der Waals surface area contributed by atoms with Gasteiger partial charge in [-0.25, -0.2) is 9.97 Å². The van der Waals surface area contributed by atoms with Crippen LogP contribution in [0.25, 0.3) is 0 Å². The number of fused-ring (bicyclic) bond motifs is 1. The fourth-order valence-corrected chi connectivity index (χ4v) is 3.62. The summed E-state index contributed by atoms with van der Waals surface area (Å²) in [6, 6.07) is 7.84. The predicted octanol–water partition coefficient (Wildman–Crippen LogP) is 2.79. The van der Waals surface area contributed by atoms with E-state index in [4.69, 9.17) is 4.74 Å². The first kappa shape index (κ1) is 15.1. The van der Waals surface area contributed by atoms with Crippen molar-refractivity contribution in [3.63, 3.8) is 0 Å². The highest BCUT2D eigenvalue weighted by molar-refractivity contribution is 5.76. The molecule has 2 aliphatic rings. The summed E-state index contributed by atoms with van der Waals surface area (Å²) < 4.78 is 5.66. The minimum absolute atomic E-state index is 0.129. The van der Waals surface area contributed by atoms with E-state index in [1.54, 1.807) is 18.5 Å². The van der Waals surface area contributed by atoms with Gasteiger partial charge in [-0.2, -0.15) is 0 Å². The summed E-state index contributed by atoms with van der Waals surface area (Å²) in [5.41, 5.74) is 2.71. The SMILES string of the molecule is O=C(Oc1ccc2c(c1)CCC2)[C@@H]1CCCN(c2ncccn2)C1. The molecule has 1 saturated heterocycles. The van der Waals surface area contributed by atoms with Crippen LogP contribution >= 0.6 is 0 Å². The molecular formula is C19H21N3O2. The van der Waals surface area contributed by atoms with Gasteiger partial charge in [0.2, 0.25) is 5.95 Å². The number of ether oxygens (including phenoxy) is 1. The van der Waals surface area contributed by atoms with Crippen LogP contribution in [0, 0.1) is 5.92 Å². The van der Waals surface area contributed by atoms with Gasteiger partial charge in [-0.15, -0.1) is 0 Å². The largest absolute Gasteiger partial charge is 0.426 e. The molecule has 1 atom stereocenters. The predicted molar refractivity (Wildman–Crippen MR) is 91.1 cm³/mol. The second-order valence-electron chi connectivity index (χ2n) is 6.54. The number of rotatable bonds is 3. The summed E-state index contributed by atoms with van der Waals surface area (Å²) in [6.45, 7) is 1.50. The molecule has 5 heteroatoms. The number of piperidine rings is 1. The maximum Gasteiger partial charge on any atom is 0.316 e. The third-order valence-electron chi connectivity index (χ3n) is 4.88. The Balaban J connectivity index is 1.42. The summed E-state index contributed by atoms with van der Waals surface area (Å²) in [4.78, 5) is 23.2. The van der Waals surface area contributed by atoms with Crippen LogP contribution in [0.1, 0.15) is 30.4 Å². The first-order valence-electron chi connectivity index (χ1n) is 8.65. The third-order valence-corrected chi connectivity index (χ3v) is 4.88. The van der Waals surface area contributed by atoms with E-state index in [1.807, 2.05) is 12.1 Å². The van der Waals surface area contributed by atoms with Gasteiger partial charge in [-0.05, 0) is 61.4 Å². The lowest BCUT2D eigenvalue weighted by atomic mass is 9.98. The van der Waals surface area contributed by atoms with Gasteiger partial charge < -0.3 is 9.64 Å². The van der Waals surface area contributed by atoms with Crippen LogP contribution < -0.4 is 9.64 Å². The average molecular weight is 323 g/mol. The molecule has 0 spiro atoms. The minimum Gasteiger partial charge on any atom is -0.426 e. The monoisotopic (exact) mass is 323 g/mol. The highest BCUT2D eigenvalue weighted by atomic mass is 16.5. The fraction of sp³-hybridized carbons (Fsp3) is 0.421. The first-order chi connectivity index (χ1) is 11.8. The Labute approximate surface area is 141 Å². The van der Waals surface area contributed by atoms with Crippen molar-refractivity contribution < 1.29 is 9.53 Å². The van der Waals surface area contributed by atoms with Gasteiger partial charge in [0.15, 0.2) is 0 Å². The number of hydrogen-bond acceptors (Lipinski definition) is 5. The van der Waals surface area contributed by atoms with Crippen molar-refractivity contribution in [3.05, 3.63) is 47.8 Å². The maximum atomic E-state index is 12.6. The molecule has 0 N–H and O–H groups in total. The smallest absolute Gasteiger partial charge is 0.316 e. The van der Waals surface area contributed by atoms with Crippen LogP contribution in [0.15, 0.2) is 36.7 Å². The Morgan fingerprint density at radius 3 is 2.83 bits per heavy atom. The molecule has 0 amide bonds. The van der Waals surface area contributed by atoms with E-state index < -0.39 is 0 Å². The number of carbonyl (C=O) groups is 1. The minimum atomic E-state index is -0.145. The molecule has 0 bridgehead atoms. The van der Waals surface area contributed by atoms with Gasteiger partial charge in [-0.3, -0.25) is 4.79 Å². The van der Waals surface area contributed by atoms with Crippen molar-refractivity contribution >= 4 is 11.9 Å². The van der Waals surface area contributed by atoms with E-state index in [9.17, 15) is 4.79 Å². The fourth-order valence-electron chi connectivity index (χ4n) is 3.62. The normalized spacial score (nSPS) is 19.8. The molecule has 4 rings (SSSR count). The van der Waals surface area contributed by atoms with E-state index in [1.165, 1.54) is 17.5 Å². The van der Waals surface area contributed by atoms with Gasteiger partial charge >= 0.3 is 5.97 Å². The molecule has 1 aromatic carbocycles. The highest BCUT2D eigenvalue weighted by Crippen LogP contribution is 2.27. The molecule has 2 aromatic rings. The zero-order chi connectivity index (χ0) is 16.4. The zero-order valence-electron chi connectivity index (χ0n) is 13.6. The summed E-state index contributed by atoms with van der Waals surface area (Å²) in [7, 11) is 0. The third kappa shape index (κ3) is 3.11. The number of aromatic nitrogens is 2. The molecule has 2 heterocycles. The number of esters is 1. The van der Waals surface area contributed by atoms with Crippen molar-refractivity contribution in [1.82, 2.24) is 9.97 Å². The molecule has 24 heavy (non-hydrogen) atoms. The van der Waals surface area contributed by atoms with E-state index >= 15 is 0 Å². The summed E-state index contributed by atoms with van der Waals surface area (Å²) in [5.74, 6) is 1.09. The van der Waals surface area contributed by atoms with Crippen molar-refractivity contribution in [2.75, 3.05) is 18.0 Å². The topological polar surface area (TPSA) is 55.3 Å². The Kier molecular flexibility index (Phi) is 4.15. The lowest BCUT2D eigenvalue weighted by molar-refractivity contribution is -0.139. The van der Waals surface area contributed by atoms with Crippen LogP contribution in [0.3, 0.4) is 0 Å². The van der Waals surface area contributed by atoms with E-state index in [2.05, 4.69) is 20.9 Å². The van der Waals surface area contributed by atoms with E-state index in [0.29, 0.717) is 18.2 Å².